The highest BCUT2D eigenvalue weighted by molar-refractivity contribution is 7.98. The van der Waals surface area contributed by atoms with Gasteiger partial charge < -0.3 is 15.5 Å². The van der Waals surface area contributed by atoms with Crippen molar-refractivity contribution in [1.82, 2.24) is 40.5 Å². The van der Waals surface area contributed by atoms with Crippen LogP contribution in [-0.4, -0.2) is 78.7 Å². The van der Waals surface area contributed by atoms with Crippen LogP contribution >= 0.6 is 11.8 Å². The third-order valence-electron chi connectivity index (χ3n) is 7.92. The van der Waals surface area contributed by atoms with Gasteiger partial charge in [0.15, 0.2) is 11.6 Å². The summed E-state index contributed by atoms with van der Waals surface area (Å²) in [7, 11) is 0. The van der Waals surface area contributed by atoms with E-state index in [1.165, 1.54) is 18.3 Å². The molecule has 1 aliphatic heterocycles. The van der Waals surface area contributed by atoms with E-state index in [1.54, 1.807) is 33.5 Å². The van der Waals surface area contributed by atoms with E-state index in [2.05, 4.69) is 20.8 Å². The summed E-state index contributed by atoms with van der Waals surface area (Å²) in [5.41, 5.74) is 2.03. The molecule has 3 heterocycles. The van der Waals surface area contributed by atoms with Gasteiger partial charge in [-0.3, -0.25) is 19.5 Å². The largest absolute Gasteiger partial charge is 0.344 e. The third-order valence-corrected chi connectivity index (χ3v) is 8.57. The van der Waals surface area contributed by atoms with Crippen molar-refractivity contribution in [2.45, 2.75) is 51.7 Å². The SMILES string of the molecule is CSCC[C@@H]1NC(=O)CCCN(C(=O)c2cn[nH]c2-c2cccc(F)c2)CCn2nc(-c3ccccc3)nc2[C@@H](C(C)C)NC1=O. The quantitative estimate of drug-likeness (QED) is 0.270. The molecule has 2 aromatic carbocycles. The molecule has 3 N–H and O–H groups in total. The molecule has 2 aromatic heterocycles. The minimum Gasteiger partial charge on any atom is -0.344 e. The maximum absolute atomic E-state index is 14.1. The van der Waals surface area contributed by atoms with Crippen LogP contribution in [0.4, 0.5) is 4.39 Å². The molecular formula is C33H39FN8O3S. The molecule has 0 fully saturated rings. The van der Waals surface area contributed by atoms with Crippen molar-refractivity contribution in [3.63, 3.8) is 0 Å². The molecule has 46 heavy (non-hydrogen) atoms. The van der Waals surface area contributed by atoms with Crippen LogP contribution in [0.25, 0.3) is 22.6 Å². The Kier molecular flexibility index (Phi) is 10.8. The van der Waals surface area contributed by atoms with E-state index in [1.807, 2.05) is 50.4 Å². The molecule has 13 heteroatoms. The fourth-order valence-corrected chi connectivity index (χ4v) is 5.93. The zero-order chi connectivity index (χ0) is 32.6. The van der Waals surface area contributed by atoms with Gasteiger partial charge >= 0.3 is 0 Å². The smallest absolute Gasteiger partial charge is 0.257 e. The lowest BCUT2D eigenvalue weighted by atomic mass is 10.0. The lowest BCUT2D eigenvalue weighted by Gasteiger charge is -2.28. The Labute approximate surface area is 271 Å². The normalized spacial score (nSPS) is 18.1. The molecule has 242 valence electrons. The number of nitrogens with one attached hydrogen (secondary N) is 3. The zero-order valence-electron chi connectivity index (χ0n) is 26.2. The number of H-pyrrole nitrogens is 1. The van der Waals surface area contributed by atoms with Crippen LogP contribution in [-0.2, 0) is 16.1 Å². The number of fused-ring (bicyclic) bond motifs is 1. The molecule has 0 unspecified atom stereocenters. The number of nitrogens with zero attached hydrogens (tertiary/aromatic N) is 5. The van der Waals surface area contributed by atoms with E-state index in [0.717, 1.165) is 5.56 Å². The number of halogens is 1. The monoisotopic (exact) mass is 646 g/mol. The number of benzene rings is 2. The second-order valence-corrected chi connectivity index (χ2v) is 12.6. The summed E-state index contributed by atoms with van der Waals surface area (Å²) in [6.07, 6.45) is 4.37. The van der Waals surface area contributed by atoms with Gasteiger partial charge in [-0.25, -0.2) is 14.1 Å². The molecule has 5 rings (SSSR count). The summed E-state index contributed by atoms with van der Waals surface area (Å²) in [6, 6.07) is 14.3. The van der Waals surface area contributed by atoms with Crippen LogP contribution in [0.5, 0.6) is 0 Å². The first-order valence-corrected chi connectivity index (χ1v) is 16.8. The van der Waals surface area contributed by atoms with Gasteiger partial charge in [-0.1, -0.05) is 56.3 Å². The molecule has 0 spiro atoms. The van der Waals surface area contributed by atoms with Crippen molar-refractivity contribution < 1.29 is 18.8 Å². The van der Waals surface area contributed by atoms with Crippen molar-refractivity contribution in [2.24, 2.45) is 5.92 Å². The molecule has 3 amide bonds. The topological polar surface area (TPSA) is 138 Å². The Balaban J connectivity index is 1.52. The number of thioether (sulfide) groups is 1. The number of amides is 3. The van der Waals surface area contributed by atoms with Gasteiger partial charge in [-0.05, 0) is 42.9 Å². The highest BCUT2D eigenvalue weighted by atomic mass is 32.2. The lowest BCUT2D eigenvalue weighted by Crippen LogP contribution is -2.49. The van der Waals surface area contributed by atoms with Gasteiger partial charge in [0.05, 0.1) is 30.0 Å². The van der Waals surface area contributed by atoms with Crippen LogP contribution in [0.2, 0.25) is 0 Å². The summed E-state index contributed by atoms with van der Waals surface area (Å²) in [5, 5.41) is 17.8. The first-order chi connectivity index (χ1) is 22.2. The summed E-state index contributed by atoms with van der Waals surface area (Å²) >= 11 is 1.60. The van der Waals surface area contributed by atoms with Gasteiger partial charge in [-0.15, -0.1) is 0 Å². The molecule has 1 aliphatic rings. The Morgan fingerprint density at radius 3 is 2.57 bits per heavy atom. The summed E-state index contributed by atoms with van der Waals surface area (Å²) in [5.74, 6) is 0.444. The van der Waals surface area contributed by atoms with Crippen molar-refractivity contribution in [1.29, 1.82) is 0 Å². The molecule has 11 nitrogen and oxygen atoms in total. The second kappa shape index (κ2) is 15.2. The predicted molar refractivity (Wildman–Crippen MR) is 175 cm³/mol. The first-order valence-electron chi connectivity index (χ1n) is 15.4. The summed E-state index contributed by atoms with van der Waals surface area (Å²) in [6.45, 7) is 4.79. The van der Waals surface area contributed by atoms with Gasteiger partial charge in [0.2, 0.25) is 11.8 Å². The van der Waals surface area contributed by atoms with Crippen molar-refractivity contribution >= 4 is 29.5 Å². The molecule has 0 saturated heterocycles. The number of aromatic amines is 1. The summed E-state index contributed by atoms with van der Waals surface area (Å²) < 4.78 is 15.8. The molecule has 2 atom stereocenters. The van der Waals surface area contributed by atoms with Crippen molar-refractivity contribution in [2.75, 3.05) is 25.1 Å². The van der Waals surface area contributed by atoms with E-state index < -0.39 is 17.9 Å². The fourth-order valence-electron chi connectivity index (χ4n) is 5.46. The predicted octanol–water partition coefficient (Wildman–Crippen LogP) is 4.46. The minimum absolute atomic E-state index is 0.0576. The maximum atomic E-state index is 14.1. The molecule has 4 aromatic rings. The maximum Gasteiger partial charge on any atom is 0.257 e. The van der Waals surface area contributed by atoms with Crippen molar-refractivity contribution in [3.05, 3.63) is 78.0 Å². The Morgan fingerprint density at radius 2 is 1.83 bits per heavy atom. The van der Waals surface area contributed by atoms with Crippen molar-refractivity contribution in [3.8, 4) is 22.6 Å². The Hall–Kier alpha value is -4.52. The standard InChI is InChI=1S/C33H39FN8O3S/c1-21(2)28-31-38-30(22-9-5-4-6-10-22)40-42(31)17-16-41(15-8-13-27(43)36-26(14-18-46-3)32(44)37-28)33(45)25-20-35-39-29(25)23-11-7-12-24(34)19-23/h4-7,9-12,19-21,26,28H,8,13-18H2,1-3H3,(H,35,39)(H,36,43)(H,37,44)/t26-,28+/m0/s1. The van der Waals surface area contributed by atoms with Gasteiger partial charge in [0.1, 0.15) is 11.9 Å². The van der Waals surface area contributed by atoms with Gasteiger partial charge in [0.25, 0.3) is 5.91 Å². The number of carbonyl (C=O) groups excluding carboxylic acids is 3. The second-order valence-electron chi connectivity index (χ2n) is 11.6. The van der Waals surface area contributed by atoms with E-state index in [0.29, 0.717) is 47.1 Å². The van der Waals surface area contributed by atoms with E-state index in [9.17, 15) is 18.8 Å². The van der Waals surface area contributed by atoms with E-state index in [4.69, 9.17) is 10.1 Å². The van der Waals surface area contributed by atoms with E-state index >= 15 is 0 Å². The molecule has 0 radical (unpaired) electrons. The molecule has 0 aliphatic carbocycles. The number of aromatic nitrogens is 5. The summed E-state index contributed by atoms with van der Waals surface area (Å²) in [4.78, 5) is 47.3. The number of hydrogen-bond acceptors (Lipinski definition) is 7. The lowest BCUT2D eigenvalue weighted by molar-refractivity contribution is -0.129. The molecule has 0 saturated carbocycles. The first kappa shape index (κ1) is 32.9. The average molecular weight is 647 g/mol. The Bertz CT molecular complexity index is 1660. The highest BCUT2D eigenvalue weighted by Gasteiger charge is 2.30. The molecular weight excluding hydrogens is 607 g/mol. The van der Waals surface area contributed by atoms with Gasteiger partial charge in [0, 0.05) is 30.6 Å². The third kappa shape index (κ3) is 7.82. The highest BCUT2D eigenvalue weighted by Crippen LogP contribution is 2.26. The van der Waals surface area contributed by atoms with E-state index in [-0.39, 0.29) is 49.7 Å². The number of rotatable bonds is 7. The van der Waals surface area contributed by atoms with Crippen LogP contribution in [0.1, 0.15) is 55.3 Å². The number of hydrogen-bond donors (Lipinski definition) is 3. The van der Waals surface area contributed by atoms with Crippen LogP contribution in [0.3, 0.4) is 0 Å². The number of carbonyl (C=O) groups is 3. The van der Waals surface area contributed by atoms with Crippen LogP contribution in [0, 0.1) is 11.7 Å². The fraction of sp³-hybridized carbons (Fsp3) is 0.394. The minimum atomic E-state index is -0.716. The Morgan fingerprint density at radius 1 is 1.04 bits per heavy atom. The molecule has 0 bridgehead atoms. The average Bonchev–Trinajstić information content (AvgIpc) is 3.71. The van der Waals surface area contributed by atoms with Gasteiger partial charge in [-0.2, -0.15) is 22.0 Å². The van der Waals surface area contributed by atoms with Crippen LogP contribution < -0.4 is 10.6 Å². The van der Waals surface area contributed by atoms with Crippen LogP contribution in [0.15, 0.2) is 60.8 Å². The zero-order valence-corrected chi connectivity index (χ0v) is 27.0.